The van der Waals surface area contributed by atoms with Crippen LogP contribution < -0.4 is 14.2 Å². The van der Waals surface area contributed by atoms with Gasteiger partial charge in [-0.05, 0) is 25.1 Å². The van der Waals surface area contributed by atoms with Crippen molar-refractivity contribution in [2.24, 2.45) is 0 Å². The summed E-state index contributed by atoms with van der Waals surface area (Å²) in [6.07, 6.45) is 0. The molecule has 0 fully saturated rings. The summed E-state index contributed by atoms with van der Waals surface area (Å²) in [5, 5.41) is 3.90. The average Bonchev–Trinajstić information content (AvgIpc) is 3.15. The number of hydrogen-bond donors (Lipinski definition) is 1. The van der Waals surface area contributed by atoms with Crippen molar-refractivity contribution in [3.8, 4) is 22.9 Å². The van der Waals surface area contributed by atoms with Crippen molar-refractivity contribution in [2.75, 3.05) is 14.2 Å². The van der Waals surface area contributed by atoms with Crippen LogP contribution in [0.5, 0.6) is 11.5 Å². The van der Waals surface area contributed by atoms with Crippen molar-refractivity contribution in [1.82, 2.24) is 14.9 Å². The second kappa shape index (κ2) is 7.77. The van der Waals surface area contributed by atoms with Crippen molar-refractivity contribution < 1.29 is 22.4 Å². The summed E-state index contributed by atoms with van der Waals surface area (Å²) >= 11 is 0. The third-order valence-corrected chi connectivity index (χ3v) is 5.24. The lowest BCUT2D eigenvalue weighted by Gasteiger charge is -2.11. The predicted octanol–water partition coefficient (Wildman–Crippen LogP) is 2.54. The number of nitrogens with one attached hydrogen (secondary N) is 1. The molecule has 1 N–H and O–H groups in total. The Morgan fingerprint density at radius 2 is 1.93 bits per heavy atom. The first-order valence-electron chi connectivity index (χ1n) is 8.04. The van der Waals surface area contributed by atoms with E-state index in [1.165, 1.54) is 26.4 Å². The summed E-state index contributed by atoms with van der Waals surface area (Å²) in [6, 6.07) is 12.1. The Hall–Kier alpha value is -2.91. The lowest BCUT2D eigenvalue weighted by Crippen LogP contribution is -2.24. The molecule has 8 nitrogen and oxygen atoms in total. The number of hydrogen-bond acceptors (Lipinski definition) is 7. The topological polar surface area (TPSA) is 104 Å². The van der Waals surface area contributed by atoms with E-state index in [2.05, 4.69) is 14.9 Å². The number of benzene rings is 2. The van der Waals surface area contributed by atoms with Gasteiger partial charge in [0, 0.05) is 11.6 Å². The monoisotopic (exact) mass is 389 g/mol. The molecule has 1 aromatic heterocycles. The van der Waals surface area contributed by atoms with Crippen LogP contribution in [0.2, 0.25) is 0 Å². The van der Waals surface area contributed by atoms with Gasteiger partial charge in [-0.3, -0.25) is 0 Å². The van der Waals surface area contributed by atoms with Crippen LogP contribution in [0, 0.1) is 6.92 Å². The zero-order chi connectivity index (χ0) is 19.4. The minimum atomic E-state index is -3.88. The minimum absolute atomic E-state index is 0.0391. The molecule has 0 unspecified atom stereocenters. The van der Waals surface area contributed by atoms with Gasteiger partial charge in [0.15, 0.2) is 0 Å². The molecule has 0 aliphatic carbocycles. The van der Waals surface area contributed by atoms with Gasteiger partial charge in [-0.15, -0.1) is 0 Å². The van der Waals surface area contributed by atoms with E-state index in [9.17, 15) is 8.42 Å². The Balaban J connectivity index is 1.79. The zero-order valence-electron chi connectivity index (χ0n) is 15.1. The fraction of sp³-hybridized carbons (Fsp3) is 0.222. The van der Waals surface area contributed by atoms with E-state index in [0.29, 0.717) is 11.6 Å². The maximum atomic E-state index is 12.6. The van der Waals surface area contributed by atoms with Crippen LogP contribution in [0.4, 0.5) is 0 Å². The molecule has 3 aromatic rings. The van der Waals surface area contributed by atoms with Crippen LogP contribution in [-0.2, 0) is 16.6 Å². The molecule has 0 saturated carbocycles. The number of nitrogens with zero attached hydrogens (tertiary/aromatic N) is 2. The summed E-state index contributed by atoms with van der Waals surface area (Å²) in [6.45, 7) is 1.81. The van der Waals surface area contributed by atoms with Gasteiger partial charge < -0.3 is 14.0 Å². The molecule has 1 heterocycles. The number of aryl methyl sites for hydroxylation is 1. The lowest BCUT2D eigenvalue weighted by atomic mass is 10.1. The number of rotatable bonds is 7. The molecule has 0 radical (unpaired) electrons. The van der Waals surface area contributed by atoms with Crippen LogP contribution in [-0.4, -0.2) is 32.8 Å². The van der Waals surface area contributed by atoms with E-state index in [1.807, 2.05) is 31.2 Å². The van der Waals surface area contributed by atoms with Gasteiger partial charge in [-0.25, -0.2) is 13.1 Å². The Kier molecular flexibility index (Phi) is 5.43. The van der Waals surface area contributed by atoms with Crippen molar-refractivity contribution >= 4 is 10.0 Å². The van der Waals surface area contributed by atoms with Gasteiger partial charge in [0.1, 0.15) is 16.4 Å². The van der Waals surface area contributed by atoms with Crippen molar-refractivity contribution in [3.63, 3.8) is 0 Å². The van der Waals surface area contributed by atoms with Crippen LogP contribution >= 0.6 is 0 Å². The number of sulfonamides is 1. The van der Waals surface area contributed by atoms with E-state index in [4.69, 9.17) is 14.0 Å². The molecular weight excluding hydrogens is 370 g/mol. The van der Waals surface area contributed by atoms with Gasteiger partial charge in [0.2, 0.25) is 21.7 Å². The van der Waals surface area contributed by atoms with Gasteiger partial charge in [0.25, 0.3) is 0 Å². The zero-order valence-corrected chi connectivity index (χ0v) is 15.9. The number of methoxy groups -OCH3 is 2. The Labute approximate surface area is 157 Å². The van der Waals surface area contributed by atoms with Gasteiger partial charge in [-0.2, -0.15) is 4.98 Å². The highest BCUT2D eigenvalue weighted by molar-refractivity contribution is 7.89. The van der Waals surface area contributed by atoms with Crippen molar-refractivity contribution in [1.29, 1.82) is 0 Å². The van der Waals surface area contributed by atoms with Gasteiger partial charge >= 0.3 is 0 Å². The highest BCUT2D eigenvalue weighted by atomic mass is 32.2. The maximum absolute atomic E-state index is 12.6. The van der Waals surface area contributed by atoms with Crippen LogP contribution in [0.25, 0.3) is 11.4 Å². The largest absolute Gasteiger partial charge is 0.497 e. The summed E-state index contributed by atoms with van der Waals surface area (Å²) in [4.78, 5) is 4.19. The standard InChI is InChI=1S/C18H19N3O5S/c1-12-5-4-6-13(9-12)18-20-17(26-21-18)11-19-27(22,23)16-10-14(24-2)7-8-15(16)25-3/h4-10,19H,11H2,1-3H3. The SMILES string of the molecule is COc1ccc(OC)c(S(=O)(=O)NCc2nc(-c3cccc(C)c3)no2)c1. The first-order chi connectivity index (χ1) is 12.9. The van der Waals surface area contributed by atoms with Crippen molar-refractivity contribution in [3.05, 3.63) is 53.9 Å². The second-order valence-corrected chi connectivity index (χ2v) is 7.46. The molecule has 0 saturated heterocycles. The Morgan fingerprint density at radius 1 is 1.11 bits per heavy atom. The molecule has 2 aromatic carbocycles. The third-order valence-electron chi connectivity index (χ3n) is 3.82. The highest BCUT2D eigenvalue weighted by Gasteiger charge is 2.21. The summed E-state index contributed by atoms with van der Waals surface area (Å²) in [7, 11) is -1.03. The number of aromatic nitrogens is 2. The fourth-order valence-electron chi connectivity index (χ4n) is 2.46. The second-order valence-electron chi connectivity index (χ2n) is 5.72. The van der Waals surface area contributed by atoms with E-state index >= 15 is 0 Å². The van der Waals surface area contributed by atoms with Crippen molar-refractivity contribution in [2.45, 2.75) is 18.4 Å². The molecule has 0 atom stereocenters. The predicted molar refractivity (Wildman–Crippen MR) is 98.0 cm³/mol. The fourth-order valence-corrected chi connectivity index (χ4v) is 3.61. The lowest BCUT2D eigenvalue weighted by molar-refractivity contribution is 0.375. The molecule has 0 aliphatic heterocycles. The van der Waals surface area contributed by atoms with Gasteiger partial charge in [-0.1, -0.05) is 28.9 Å². The van der Waals surface area contributed by atoms with Crippen LogP contribution in [0.3, 0.4) is 0 Å². The summed E-state index contributed by atoms with van der Waals surface area (Å²) < 4.78 is 43.1. The molecule has 0 bridgehead atoms. The van der Waals surface area contributed by atoms with E-state index in [0.717, 1.165) is 11.1 Å². The van der Waals surface area contributed by atoms with E-state index < -0.39 is 10.0 Å². The first-order valence-corrected chi connectivity index (χ1v) is 9.52. The Morgan fingerprint density at radius 3 is 2.63 bits per heavy atom. The molecule has 9 heteroatoms. The molecule has 27 heavy (non-hydrogen) atoms. The first kappa shape index (κ1) is 18.9. The molecule has 142 valence electrons. The van der Waals surface area contributed by atoms with E-state index in [1.54, 1.807) is 6.07 Å². The number of ether oxygens (including phenoxy) is 2. The summed E-state index contributed by atoms with van der Waals surface area (Å²) in [5.74, 6) is 1.15. The molecular formula is C18H19N3O5S. The van der Waals surface area contributed by atoms with Crippen LogP contribution in [0.15, 0.2) is 51.9 Å². The summed E-state index contributed by atoms with van der Waals surface area (Å²) in [5.41, 5.74) is 1.85. The molecule has 0 aliphatic rings. The molecule has 3 rings (SSSR count). The van der Waals surface area contributed by atoms with Gasteiger partial charge in [0.05, 0.1) is 20.8 Å². The quantitative estimate of drug-likeness (QED) is 0.662. The average molecular weight is 389 g/mol. The normalized spacial score (nSPS) is 11.4. The van der Waals surface area contributed by atoms with E-state index in [-0.39, 0.29) is 23.1 Å². The minimum Gasteiger partial charge on any atom is -0.497 e. The maximum Gasteiger partial charge on any atom is 0.244 e. The molecule has 0 amide bonds. The Bertz CT molecular complexity index is 1050. The highest BCUT2D eigenvalue weighted by Crippen LogP contribution is 2.28. The molecule has 0 spiro atoms. The smallest absolute Gasteiger partial charge is 0.244 e. The third kappa shape index (κ3) is 4.26. The van der Waals surface area contributed by atoms with Crippen LogP contribution in [0.1, 0.15) is 11.5 Å².